The molecule has 2 saturated carbocycles. The molecule has 0 radical (unpaired) electrons. The highest BCUT2D eigenvalue weighted by atomic mass is 14.7. The molecule has 2 aliphatic carbocycles. The molecule has 0 spiro atoms. The highest BCUT2D eigenvalue weighted by Crippen LogP contribution is 2.70. The average Bonchev–Trinajstić information content (AvgIpc) is 2.67. The fourth-order valence-corrected chi connectivity index (χ4v) is 1.89. The molecule has 3 unspecified atom stereocenters. The van der Waals surface area contributed by atoms with Crippen LogP contribution in [0.4, 0.5) is 0 Å². The zero-order valence-electron chi connectivity index (χ0n) is 6.43. The van der Waals surface area contributed by atoms with E-state index in [0.717, 1.165) is 5.92 Å². The van der Waals surface area contributed by atoms with E-state index in [1.807, 2.05) is 0 Å². The van der Waals surface area contributed by atoms with Crippen LogP contribution in [-0.4, -0.2) is 0 Å². The molecule has 9 heavy (non-hydrogen) atoms. The van der Waals surface area contributed by atoms with Gasteiger partial charge in [0.2, 0.25) is 0 Å². The number of fused-ring (bicyclic) bond motifs is 1. The van der Waals surface area contributed by atoms with Gasteiger partial charge in [-0.1, -0.05) is 20.3 Å². The first-order chi connectivity index (χ1) is 4.33. The van der Waals surface area contributed by atoms with Gasteiger partial charge in [0.1, 0.15) is 0 Å². The summed E-state index contributed by atoms with van der Waals surface area (Å²) in [7, 11) is 0. The van der Waals surface area contributed by atoms with Crippen LogP contribution in [0.15, 0.2) is 0 Å². The predicted octanol–water partition coefficient (Wildman–Crippen LogP) is 2.69. The van der Waals surface area contributed by atoms with Crippen LogP contribution < -0.4 is 0 Å². The van der Waals surface area contributed by atoms with Crippen LogP contribution in [0.1, 0.15) is 33.1 Å². The second kappa shape index (κ2) is 1.74. The van der Waals surface area contributed by atoms with Crippen molar-refractivity contribution >= 4 is 0 Å². The largest absolute Gasteiger partial charge is 0.0651 e. The Labute approximate surface area is 57.6 Å². The van der Waals surface area contributed by atoms with E-state index >= 15 is 0 Å². The summed E-state index contributed by atoms with van der Waals surface area (Å²) in [5.41, 5.74) is 0. The van der Waals surface area contributed by atoms with Crippen molar-refractivity contribution < 1.29 is 0 Å². The van der Waals surface area contributed by atoms with Crippen molar-refractivity contribution in [2.45, 2.75) is 33.1 Å². The molecule has 0 aliphatic heterocycles. The molecular weight excluding hydrogens is 108 g/mol. The molecule has 0 heteroatoms. The van der Waals surface area contributed by atoms with Crippen LogP contribution in [-0.2, 0) is 0 Å². The molecule has 0 saturated heterocycles. The van der Waals surface area contributed by atoms with Gasteiger partial charge in [0, 0.05) is 0 Å². The van der Waals surface area contributed by atoms with Crippen molar-refractivity contribution in [3.63, 3.8) is 0 Å². The Balaban J connectivity index is 1.67. The Morgan fingerprint density at radius 2 is 2.11 bits per heavy atom. The zero-order valence-corrected chi connectivity index (χ0v) is 6.43. The van der Waals surface area contributed by atoms with Gasteiger partial charge < -0.3 is 0 Å². The smallest absolute Gasteiger partial charge is 0.0349 e. The molecule has 3 atom stereocenters. The third-order valence-corrected chi connectivity index (χ3v) is 3.22. The van der Waals surface area contributed by atoms with Crippen molar-refractivity contribution in [1.82, 2.24) is 0 Å². The fraction of sp³-hybridized carbons (Fsp3) is 1.00. The lowest BCUT2D eigenvalue weighted by molar-refractivity contribution is 0.425. The quantitative estimate of drug-likeness (QED) is 0.542. The van der Waals surface area contributed by atoms with Crippen LogP contribution in [0.5, 0.6) is 0 Å². The summed E-state index contributed by atoms with van der Waals surface area (Å²) in [6.45, 7) is 4.69. The number of hydrogen-bond donors (Lipinski definition) is 0. The van der Waals surface area contributed by atoms with E-state index < -0.39 is 0 Å². The van der Waals surface area contributed by atoms with Gasteiger partial charge in [0.25, 0.3) is 0 Å². The van der Waals surface area contributed by atoms with Crippen LogP contribution >= 0.6 is 0 Å². The molecule has 0 nitrogen and oxygen atoms in total. The zero-order chi connectivity index (χ0) is 6.43. The van der Waals surface area contributed by atoms with Gasteiger partial charge >= 0.3 is 0 Å². The lowest BCUT2D eigenvalue weighted by Gasteiger charge is -2.08. The molecule has 0 aromatic carbocycles. The molecule has 0 N–H and O–H groups in total. The minimum atomic E-state index is 1.00. The van der Waals surface area contributed by atoms with Gasteiger partial charge in [-0.05, 0) is 36.5 Å². The van der Waals surface area contributed by atoms with Crippen LogP contribution in [0.2, 0.25) is 0 Å². The molecule has 0 heterocycles. The average molecular weight is 124 g/mol. The molecule has 2 aliphatic rings. The van der Waals surface area contributed by atoms with Gasteiger partial charge in [-0.3, -0.25) is 0 Å². The topological polar surface area (TPSA) is 0 Å². The third kappa shape index (κ3) is 0.889. The van der Waals surface area contributed by atoms with Crippen LogP contribution in [0.25, 0.3) is 0 Å². The molecular formula is C9H16. The maximum Gasteiger partial charge on any atom is -0.0349 e. The van der Waals surface area contributed by atoms with Gasteiger partial charge in [-0.2, -0.15) is 0 Å². The van der Waals surface area contributed by atoms with Gasteiger partial charge in [-0.15, -0.1) is 0 Å². The summed E-state index contributed by atoms with van der Waals surface area (Å²) < 4.78 is 0. The molecule has 2 rings (SSSR count). The first kappa shape index (κ1) is 5.76. The monoisotopic (exact) mass is 124 g/mol. The summed E-state index contributed by atoms with van der Waals surface area (Å²) in [6, 6.07) is 0. The fourth-order valence-electron chi connectivity index (χ4n) is 1.89. The maximum absolute atomic E-state index is 2.39. The Morgan fingerprint density at radius 3 is 2.44 bits per heavy atom. The summed E-state index contributed by atoms with van der Waals surface area (Å²) in [5.74, 6) is 4.64. The Hall–Kier alpha value is 0. The summed E-state index contributed by atoms with van der Waals surface area (Å²) >= 11 is 0. The van der Waals surface area contributed by atoms with Crippen LogP contribution in [0.3, 0.4) is 0 Å². The molecule has 2 fully saturated rings. The highest BCUT2D eigenvalue weighted by molar-refractivity contribution is 5.11. The van der Waals surface area contributed by atoms with E-state index in [0.29, 0.717) is 0 Å². The minimum Gasteiger partial charge on any atom is -0.0651 e. The second-order valence-corrected chi connectivity index (χ2v) is 3.98. The lowest BCUT2D eigenvalue weighted by atomic mass is 9.97. The third-order valence-electron chi connectivity index (χ3n) is 3.22. The minimum absolute atomic E-state index is 1.00. The van der Waals surface area contributed by atoms with Crippen molar-refractivity contribution in [1.29, 1.82) is 0 Å². The Kier molecular flexibility index (Phi) is 1.12. The number of hydrogen-bond acceptors (Lipinski definition) is 0. The van der Waals surface area contributed by atoms with E-state index in [-0.39, 0.29) is 0 Å². The molecule has 0 aromatic rings. The van der Waals surface area contributed by atoms with E-state index in [9.17, 15) is 0 Å². The molecule has 0 aromatic heterocycles. The van der Waals surface area contributed by atoms with Crippen molar-refractivity contribution in [2.75, 3.05) is 0 Å². The maximum atomic E-state index is 2.39. The van der Waals surface area contributed by atoms with Gasteiger partial charge in [-0.25, -0.2) is 0 Å². The van der Waals surface area contributed by atoms with Crippen molar-refractivity contribution in [2.24, 2.45) is 23.7 Å². The Bertz CT molecular complexity index is 109. The summed E-state index contributed by atoms with van der Waals surface area (Å²) in [4.78, 5) is 0. The van der Waals surface area contributed by atoms with Crippen molar-refractivity contribution in [3.05, 3.63) is 0 Å². The number of rotatable bonds is 3. The standard InChI is InChI=1S/C9H16/c1-3-6(2)4-7-8-5-9(7)8/h6-9H,3-5H2,1-2H3. The van der Waals surface area contributed by atoms with Gasteiger partial charge in [0.15, 0.2) is 0 Å². The summed E-state index contributed by atoms with van der Waals surface area (Å²) in [6.07, 6.45) is 4.50. The summed E-state index contributed by atoms with van der Waals surface area (Å²) in [5, 5.41) is 0. The van der Waals surface area contributed by atoms with Crippen molar-refractivity contribution in [3.8, 4) is 0 Å². The molecule has 0 amide bonds. The van der Waals surface area contributed by atoms with Crippen LogP contribution in [0, 0.1) is 23.7 Å². The molecule has 0 bridgehead atoms. The normalized spacial score (nSPS) is 48.0. The van der Waals surface area contributed by atoms with E-state index in [2.05, 4.69) is 13.8 Å². The Morgan fingerprint density at radius 1 is 1.44 bits per heavy atom. The predicted molar refractivity (Wildman–Crippen MR) is 39.2 cm³/mol. The van der Waals surface area contributed by atoms with E-state index in [4.69, 9.17) is 0 Å². The van der Waals surface area contributed by atoms with Gasteiger partial charge in [0.05, 0.1) is 0 Å². The first-order valence-corrected chi connectivity index (χ1v) is 4.33. The SMILES string of the molecule is CCC(C)CC1C2CC12. The van der Waals surface area contributed by atoms with E-state index in [1.54, 1.807) is 6.42 Å². The van der Waals surface area contributed by atoms with E-state index in [1.165, 1.54) is 30.6 Å². The first-order valence-electron chi connectivity index (χ1n) is 4.33. The highest BCUT2D eigenvalue weighted by Gasteiger charge is 2.63. The lowest BCUT2D eigenvalue weighted by Crippen LogP contribution is -1.98. The molecule has 52 valence electrons. The second-order valence-electron chi connectivity index (χ2n) is 3.98.